The van der Waals surface area contributed by atoms with Crippen LogP contribution >= 0.6 is 0 Å². The highest BCUT2D eigenvalue weighted by Crippen LogP contribution is 2.50. The van der Waals surface area contributed by atoms with Gasteiger partial charge < -0.3 is 34.6 Å². The number of carbonyl (C=O) groups excluding carboxylic acids is 2. The van der Waals surface area contributed by atoms with Gasteiger partial charge in [-0.15, -0.1) is 0 Å². The summed E-state index contributed by atoms with van der Waals surface area (Å²) < 4.78 is 17.2. The molecule has 2 aliphatic heterocycles. The van der Waals surface area contributed by atoms with Gasteiger partial charge in [0.15, 0.2) is 11.5 Å². The lowest BCUT2D eigenvalue weighted by Crippen LogP contribution is -2.51. The maximum Gasteiger partial charge on any atom is 0.222 e. The topological polar surface area (TPSA) is 109 Å². The molecule has 2 saturated heterocycles. The molecule has 0 bridgehead atoms. The van der Waals surface area contributed by atoms with Crippen molar-refractivity contribution in [3.63, 3.8) is 0 Å². The number of piperidine rings is 2. The van der Waals surface area contributed by atoms with Gasteiger partial charge in [-0.1, -0.05) is 12.5 Å². The molecular formula is C36H50N4O6. The predicted molar refractivity (Wildman–Crippen MR) is 180 cm³/mol. The Labute approximate surface area is 272 Å². The molecule has 5 rings (SSSR count). The van der Waals surface area contributed by atoms with E-state index in [-0.39, 0.29) is 23.3 Å². The van der Waals surface area contributed by atoms with Gasteiger partial charge in [0, 0.05) is 45.1 Å². The lowest BCUT2D eigenvalue weighted by atomic mass is 9.83. The first-order valence-electron chi connectivity index (χ1n) is 16.7. The number of carbonyl (C=O) groups is 2. The van der Waals surface area contributed by atoms with Crippen LogP contribution in [0.25, 0.3) is 11.1 Å². The van der Waals surface area contributed by atoms with Crippen molar-refractivity contribution in [1.82, 2.24) is 15.1 Å². The minimum absolute atomic E-state index is 0.147. The first-order chi connectivity index (χ1) is 22.2. The molecular weight excluding hydrogens is 584 g/mol. The third-order valence-corrected chi connectivity index (χ3v) is 9.96. The highest BCUT2D eigenvalue weighted by Gasteiger charge is 2.34. The Hall–Kier alpha value is -3.79. The van der Waals surface area contributed by atoms with Gasteiger partial charge in [-0.2, -0.15) is 0 Å². The largest absolute Gasteiger partial charge is 0.493 e. The van der Waals surface area contributed by atoms with Gasteiger partial charge in [-0.05, 0) is 98.8 Å². The molecule has 2 heterocycles. The van der Waals surface area contributed by atoms with Crippen LogP contribution in [0, 0.1) is 5.92 Å². The second kappa shape index (κ2) is 15.2. The lowest BCUT2D eigenvalue weighted by Gasteiger charge is -2.45. The molecule has 0 aromatic heterocycles. The van der Waals surface area contributed by atoms with E-state index in [1.54, 1.807) is 33.5 Å². The quantitative estimate of drug-likeness (QED) is 0.340. The summed E-state index contributed by atoms with van der Waals surface area (Å²) in [4.78, 5) is 43.4. The second-order valence-corrected chi connectivity index (χ2v) is 12.9. The van der Waals surface area contributed by atoms with Crippen LogP contribution in [0.1, 0.15) is 75.5 Å². The molecule has 46 heavy (non-hydrogen) atoms. The molecule has 0 saturated carbocycles. The van der Waals surface area contributed by atoms with Crippen LogP contribution in [0.5, 0.6) is 17.2 Å². The number of nitrogens with one attached hydrogen (secondary N) is 2. The van der Waals surface area contributed by atoms with Gasteiger partial charge in [-0.3, -0.25) is 14.4 Å². The first kappa shape index (κ1) is 33.6. The highest BCUT2D eigenvalue weighted by atomic mass is 16.5. The van der Waals surface area contributed by atoms with Crippen LogP contribution in [0.15, 0.2) is 29.1 Å². The molecule has 0 radical (unpaired) electrons. The number of amides is 2. The number of hydrogen-bond donors (Lipinski definition) is 2. The maximum atomic E-state index is 13.6. The van der Waals surface area contributed by atoms with Gasteiger partial charge in [-0.25, -0.2) is 0 Å². The molecule has 2 aromatic carbocycles. The van der Waals surface area contributed by atoms with Crippen LogP contribution in [0.3, 0.4) is 0 Å². The Morgan fingerprint density at radius 1 is 0.978 bits per heavy atom. The Bertz CT molecular complexity index is 1480. The molecule has 3 atom stereocenters. The fourth-order valence-corrected chi connectivity index (χ4v) is 7.75. The number of fused-ring (bicyclic) bond motifs is 4. The SMILES string of the molecule is COc1cc2c(c(OC)c1OC)-c1ccc(NCCCC(=O)N(C)CC3CCCN4CCCCC34)c(=O)cc1C(NC(C)=O)CC2. The molecule has 10 nitrogen and oxygen atoms in total. The van der Waals surface area contributed by atoms with E-state index in [0.29, 0.717) is 72.7 Å². The van der Waals surface area contributed by atoms with Gasteiger partial charge >= 0.3 is 0 Å². The minimum Gasteiger partial charge on any atom is -0.493 e. The summed E-state index contributed by atoms with van der Waals surface area (Å²) in [6, 6.07) is 7.49. The maximum absolute atomic E-state index is 13.6. The average molecular weight is 635 g/mol. The second-order valence-electron chi connectivity index (χ2n) is 12.9. The summed E-state index contributed by atoms with van der Waals surface area (Å²) >= 11 is 0. The molecule has 2 fully saturated rings. The van der Waals surface area contributed by atoms with Crippen molar-refractivity contribution in [2.75, 3.05) is 59.9 Å². The van der Waals surface area contributed by atoms with E-state index >= 15 is 0 Å². The van der Waals surface area contributed by atoms with Crippen molar-refractivity contribution in [2.45, 2.75) is 76.8 Å². The van der Waals surface area contributed by atoms with E-state index in [2.05, 4.69) is 15.5 Å². The van der Waals surface area contributed by atoms with Gasteiger partial charge in [0.25, 0.3) is 0 Å². The van der Waals surface area contributed by atoms with E-state index in [1.165, 1.54) is 52.1 Å². The minimum atomic E-state index is -0.368. The number of hydrogen-bond acceptors (Lipinski definition) is 8. The molecule has 3 aliphatic rings. The summed E-state index contributed by atoms with van der Waals surface area (Å²) in [5, 5.41) is 6.32. The van der Waals surface area contributed by atoms with Crippen LogP contribution < -0.4 is 30.3 Å². The molecule has 2 aromatic rings. The summed E-state index contributed by atoms with van der Waals surface area (Å²) in [5.41, 5.74) is 3.54. The van der Waals surface area contributed by atoms with Crippen LogP contribution in [-0.4, -0.2) is 82.2 Å². The zero-order valence-electron chi connectivity index (χ0n) is 28.1. The fourth-order valence-electron chi connectivity index (χ4n) is 7.75. The van der Waals surface area contributed by atoms with Crippen molar-refractivity contribution in [1.29, 1.82) is 0 Å². The summed E-state index contributed by atoms with van der Waals surface area (Å²) in [5.74, 6) is 2.06. The molecule has 2 amide bonds. The van der Waals surface area contributed by atoms with Crippen molar-refractivity contribution >= 4 is 17.5 Å². The molecule has 10 heteroatoms. The van der Waals surface area contributed by atoms with Crippen molar-refractivity contribution in [3.8, 4) is 28.4 Å². The number of methoxy groups -OCH3 is 3. The zero-order valence-corrected chi connectivity index (χ0v) is 28.1. The van der Waals surface area contributed by atoms with Crippen molar-refractivity contribution < 1.29 is 23.8 Å². The standard InChI is InChI=1S/C36H50N4O6/c1-23(41)38-28-15-13-24-20-32(44-3)35(45-4)36(46-5)34(24)26-14-16-29(31(42)21-27(26)28)37-17-8-12-33(43)39(2)22-25-10-9-19-40-18-7-6-11-30(25)40/h14,16,20-21,25,28,30H,6-13,15,17-19,22H2,1-5H3,(H,37,42)(H,38,41). The fraction of sp³-hybridized carbons (Fsp3) is 0.583. The van der Waals surface area contributed by atoms with Crippen LogP contribution in [0.4, 0.5) is 5.69 Å². The van der Waals surface area contributed by atoms with Crippen molar-refractivity contribution in [3.05, 3.63) is 45.6 Å². The Balaban J connectivity index is 1.31. The third kappa shape index (κ3) is 7.27. The van der Waals surface area contributed by atoms with Gasteiger partial charge in [0.2, 0.25) is 23.0 Å². The smallest absolute Gasteiger partial charge is 0.222 e. The number of benzene rings is 1. The molecule has 1 aliphatic carbocycles. The van der Waals surface area contributed by atoms with Crippen molar-refractivity contribution in [2.24, 2.45) is 5.92 Å². The number of nitrogens with zero attached hydrogens (tertiary/aromatic N) is 2. The summed E-state index contributed by atoms with van der Waals surface area (Å²) in [7, 11) is 6.67. The van der Waals surface area contributed by atoms with Gasteiger partial charge in [0.05, 0.1) is 33.1 Å². The van der Waals surface area contributed by atoms with E-state index in [4.69, 9.17) is 14.2 Å². The average Bonchev–Trinajstić information content (AvgIpc) is 3.30. The molecule has 250 valence electrons. The van der Waals surface area contributed by atoms with E-state index in [9.17, 15) is 14.4 Å². The zero-order chi connectivity index (χ0) is 32.8. The Kier molecular flexibility index (Phi) is 11.1. The molecule has 2 N–H and O–H groups in total. The Morgan fingerprint density at radius 3 is 2.50 bits per heavy atom. The number of rotatable bonds is 11. The third-order valence-electron chi connectivity index (χ3n) is 9.96. The highest BCUT2D eigenvalue weighted by molar-refractivity contribution is 5.84. The van der Waals surface area contributed by atoms with E-state index in [1.807, 2.05) is 24.1 Å². The predicted octanol–water partition coefficient (Wildman–Crippen LogP) is 4.78. The lowest BCUT2D eigenvalue weighted by molar-refractivity contribution is -0.131. The molecule has 3 unspecified atom stereocenters. The van der Waals surface area contributed by atoms with E-state index in [0.717, 1.165) is 23.2 Å². The Morgan fingerprint density at radius 2 is 1.76 bits per heavy atom. The number of aryl methyl sites for hydroxylation is 1. The van der Waals surface area contributed by atoms with Crippen LogP contribution in [-0.2, 0) is 16.0 Å². The number of ether oxygens (including phenoxy) is 3. The molecule has 0 spiro atoms. The summed E-state index contributed by atoms with van der Waals surface area (Å²) in [6.45, 7) is 5.18. The number of anilines is 1. The van der Waals surface area contributed by atoms with Gasteiger partial charge in [0.1, 0.15) is 0 Å². The summed E-state index contributed by atoms with van der Waals surface area (Å²) in [6.07, 6.45) is 8.51. The monoisotopic (exact) mass is 634 g/mol. The first-order valence-corrected chi connectivity index (χ1v) is 16.7. The van der Waals surface area contributed by atoms with Crippen LogP contribution in [0.2, 0.25) is 0 Å². The van der Waals surface area contributed by atoms with E-state index < -0.39 is 0 Å². The normalized spacial score (nSPS) is 20.7.